The summed E-state index contributed by atoms with van der Waals surface area (Å²) in [6.07, 6.45) is 17.1. The van der Waals surface area contributed by atoms with Crippen LogP contribution in [0, 0.1) is 45.3 Å². The number of rotatable bonds is 16. The molecule has 0 aliphatic carbocycles. The first-order valence-corrected chi connectivity index (χ1v) is 23.5. The molecule has 7 aromatic rings. The molecule has 2 N–H and O–H groups in total. The Morgan fingerprint density at radius 1 is 0.309 bits per heavy atom. The van der Waals surface area contributed by atoms with Gasteiger partial charge in [-0.15, -0.1) is 0 Å². The molecule has 0 radical (unpaired) electrons. The molecule has 330 valence electrons. The zero-order valence-electron chi connectivity index (χ0n) is 38.0. The average molecular weight is 883 g/mol. The van der Waals surface area contributed by atoms with Gasteiger partial charge in [-0.2, -0.15) is 21.0 Å². The van der Waals surface area contributed by atoms with Crippen LogP contribution >= 0.6 is 0 Å². The molecule has 0 unspecified atom stereocenters. The minimum atomic E-state index is 0.523. The van der Waals surface area contributed by atoms with Gasteiger partial charge in [-0.05, 0) is 144 Å². The topological polar surface area (TPSA) is 153 Å². The molecule has 0 saturated heterocycles. The number of aryl methyl sites for hydroxylation is 4. The second kappa shape index (κ2) is 21.2. The molecule has 0 spiro atoms. The maximum atomic E-state index is 9.18. The number of fused-ring (bicyclic) bond motifs is 8. The number of aromatic nitrogens is 4. The molecule has 2 aliphatic rings. The van der Waals surface area contributed by atoms with E-state index in [-0.39, 0.29) is 0 Å². The largest absolute Gasteiger partial charge is 0.354 e. The lowest BCUT2D eigenvalue weighted by Gasteiger charge is -2.09. The number of aromatic amines is 2. The first kappa shape index (κ1) is 44.6. The first-order chi connectivity index (χ1) is 33.5. The van der Waals surface area contributed by atoms with Gasteiger partial charge in [0.15, 0.2) is 0 Å². The zero-order valence-corrected chi connectivity index (χ0v) is 38.0. The third-order valence-corrected chi connectivity index (χ3v) is 12.7. The van der Waals surface area contributed by atoms with Crippen LogP contribution in [0.3, 0.4) is 0 Å². The lowest BCUT2D eigenvalue weighted by Crippen LogP contribution is -1.91. The monoisotopic (exact) mass is 882 g/mol. The highest BCUT2D eigenvalue weighted by atomic mass is 14.8. The van der Waals surface area contributed by atoms with Gasteiger partial charge in [0.25, 0.3) is 0 Å². The molecule has 8 bridgehead atoms. The molecular formula is C60H50N8. The van der Waals surface area contributed by atoms with Gasteiger partial charge in [0.05, 0.1) is 47.1 Å². The van der Waals surface area contributed by atoms with Crippen LogP contribution < -0.4 is 0 Å². The van der Waals surface area contributed by atoms with E-state index < -0.39 is 0 Å². The molecule has 0 saturated carbocycles. The predicted octanol–water partition coefficient (Wildman–Crippen LogP) is 14.7. The van der Waals surface area contributed by atoms with E-state index in [2.05, 4.69) is 180 Å². The van der Waals surface area contributed by atoms with Crippen molar-refractivity contribution in [3.8, 4) is 68.8 Å². The van der Waals surface area contributed by atoms with Gasteiger partial charge < -0.3 is 9.97 Å². The maximum Gasteiger partial charge on any atom is 0.0737 e. The molecule has 68 heavy (non-hydrogen) atoms. The number of hydrogen-bond acceptors (Lipinski definition) is 6. The molecule has 8 nitrogen and oxygen atoms in total. The van der Waals surface area contributed by atoms with E-state index >= 15 is 0 Å². The predicted molar refractivity (Wildman–Crippen MR) is 275 cm³/mol. The highest BCUT2D eigenvalue weighted by Crippen LogP contribution is 2.39. The van der Waals surface area contributed by atoms with Crippen LogP contribution in [0.15, 0.2) is 121 Å². The van der Waals surface area contributed by atoms with Crippen LogP contribution in [-0.2, 0) is 25.7 Å². The van der Waals surface area contributed by atoms with E-state index in [0.29, 0.717) is 25.7 Å². The summed E-state index contributed by atoms with van der Waals surface area (Å²) < 4.78 is 0. The molecule has 9 rings (SSSR count). The Labute approximate surface area is 397 Å². The van der Waals surface area contributed by atoms with Gasteiger partial charge >= 0.3 is 0 Å². The van der Waals surface area contributed by atoms with Gasteiger partial charge in [-0.25, -0.2) is 9.97 Å². The van der Waals surface area contributed by atoms with Crippen molar-refractivity contribution in [3.63, 3.8) is 0 Å². The summed E-state index contributed by atoms with van der Waals surface area (Å²) in [5.74, 6) is 0. The van der Waals surface area contributed by atoms with Crippen molar-refractivity contribution in [1.82, 2.24) is 19.9 Å². The quantitative estimate of drug-likeness (QED) is 0.0922. The highest BCUT2D eigenvalue weighted by molar-refractivity contribution is 5.99. The van der Waals surface area contributed by atoms with Gasteiger partial charge in [0, 0.05) is 70.0 Å². The first-order valence-electron chi connectivity index (χ1n) is 23.5. The number of benzene rings is 4. The number of nitriles is 4. The van der Waals surface area contributed by atoms with Crippen LogP contribution in [0.25, 0.3) is 90.9 Å². The summed E-state index contributed by atoms with van der Waals surface area (Å²) in [6, 6.07) is 52.2. The van der Waals surface area contributed by atoms with E-state index in [0.717, 1.165) is 141 Å². The molecular weight excluding hydrogens is 833 g/mol. The fraction of sp³-hybridized carbons (Fsp3) is 0.200. The molecule has 0 atom stereocenters. The van der Waals surface area contributed by atoms with Crippen LogP contribution in [0.1, 0.15) is 96.4 Å². The molecule has 5 heterocycles. The Morgan fingerprint density at radius 3 is 0.735 bits per heavy atom. The van der Waals surface area contributed by atoms with Crippen LogP contribution in [0.4, 0.5) is 0 Å². The van der Waals surface area contributed by atoms with Gasteiger partial charge in [-0.1, -0.05) is 97.1 Å². The Hall–Kier alpha value is -8.56. The number of H-pyrrole nitrogens is 2. The van der Waals surface area contributed by atoms with Gasteiger partial charge in [0.2, 0.25) is 0 Å². The van der Waals surface area contributed by atoms with Crippen molar-refractivity contribution in [1.29, 1.82) is 21.0 Å². The summed E-state index contributed by atoms with van der Waals surface area (Å²) in [7, 11) is 0. The lowest BCUT2D eigenvalue weighted by molar-refractivity contribution is 0.850. The highest BCUT2D eigenvalue weighted by Gasteiger charge is 2.19. The third-order valence-electron chi connectivity index (χ3n) is 12.7. The standard InChI is InChI=1S/C60H50N8/c61-37-5-1-9-41-13-21-45(22-14-41)57-49-29-31-51(65-49)58(46-23-15-42(16-24-46)10-2-6-38-62)53-33-35-55(67-53)60(48-27-19-44(20-28-48)12-4-8-40-64)56-36-34-54(68-56)59(52-32-30-50(57)66-52)47-25-17-43(18-26-47)11-3-7-39-63/h13-36,65,68H,1-12H2. The molecule has 8 heteroatoms. The third kappa shape index (κ3) is 9.97. The van der Waals surface area contributed by atoms with E-state index in [1.54, 1.807) is 0 Å². The lowest BCUT2D eigenvalue weighted by atomic mass is 10.00. The van der Waals surface area contributed by atoms with E-state index in [1.165, 1.54) is 22.3 Å². The number of nitrogens with one attached hydrogen (secondary N) is 2. The SMILES string of the molecule is N#CCCCc1ccc(-c2c3nc(c(-c4ccc(CCCC#N)cc4)c4ccc([nH]4)c(-c4ccc(CCCC#N)cc4)c4nc(c(-c5ccc(CCCC#N)cc5)c5ccc2[nH]5)C=C4)C=C3)cc1. The van der Waals surface area contributed by atoms with Crippen molar-refractivity contribution >= 4 is 46.4 Å². The Kier molecular flexibility index (Phi) is 13.9. The summed E-state index contributed by atoms with van der Waals surface area (Å²) in [4.78, 5) is 18.7. The van der Waals surface area contributed by atoms with Crippen molar-refractivity contribution < 1.29 is 0 Å². The summed E-state index contributed by atoms with van der Waals surface area (Å²) >= 11 is 0. The molecule has 3 aromatic heterocycles. The molecule has 0 fully saturated rings. The zero-order chi connectivity index (χ0) is 46.7. The van der Waals surface area contributed by atoms with E-state index in [9.17, 15) is 21.0 Å². The Balaban J connectivity index is 1.32. The Morgan fingerprint density at radius 2 is 0.529 bits per heavy atom. The molecule has 4 aromatic carbocycles. The Bertz CT molecular complexity index is 2910. The fourth-order valence-electron chi connectivity index (χ4n) is 9.26. The molecule has 2 aliphatic heterocycles. The fourth-order valence-corrected chi connectivity index (χ4v) is 9.26. The smallest absolute Gasteiger partial charge is 0.0737 e. The van der Waals surface area contributed by atoms with Crippen molar-refractivity contribution in [2.24, 2.45) is 0 Å². The molecule has 0 amide bonds. The minimum absolute atomic E-state index is 0.523. The average Bonchev–Trinajstić information content (AvgIpc) is 4.23. The van der Waals surface area contributed by atoms with Crippen molar-refractivity contribution in [3.05, 3.63) is 166 Å². The van der Waals surface area contributed by atoms with Gasteiger partial charge in [0.1, 0.15) is 0 Å². The normalized spacial score (nSPS) is 11.5. The number of nitrogens with zero attached hydrogens (tertiary/aromatic N) is 6. The van der Waals surface area contributed by atoms with Crippen LogP contribution in [0.5, 0.6) is 0 Å². The van der Waals surface area contributed by atoms with Crippen molar-refractivity contribution in [2.75, 3.05) is 0 Å². The maximum absolute atomic E-state index is 9.18. The van der Waals surface area contributed by atoms with Crippen molar-refractivity contribution in [2.45, 2.75) is 77.0 Å². The number of hydrogen-bond donors (Lipinski definition) is 2. The van der Waals surface area contributed by atoms with Crippen LogP contribution in [0.2, 0.25) is 0 Å². The number of unbranched alkanes of at least 4 members (excludes halogenated alkanes) is 4. The summed E-state index contributed by atoms with van der Waals surface area (Å²) in [5, 5.41) is 36.7. The van der Waals surface area contributed by atoms with Gasteiger partial charge in [-0.3, -0.25) is 0 Å². The van der Waals surface area contributed by atoms with E-state index in [4.69, 9.17) is 9.97 Å². The van der Waals surface area contributed by atoms with E-state index in [1.807, 2.05) is 0 Å². The summed E-state index contributed by atoms with van der Waals surface area (Å²) in [6.45, 7) is 0. The summed E-state index contributed by atoms with van der Waals surface area (Å²) in [5.41, 5.74) is 19.6. The minimum Gasteiger partial charge on any atom is -0.354 e. The second-order valence-corrected chi connectivity index (χ2v) is 17.3. The van der Waals surface area contributed by atoms with Crippen LogP contribution in [-0.4, -0.2) is 19.9 Å². The second-order valence-electron chi connectivity index (χ2n) is 17.3.